The monoisotopic (exact) mass is 634 g/mol. The van der Waals surface area contributed by atoms with E-state index >= 15 is 0 Å². The lowest BCUT2D eigenvalue weighted by Crippen LogP contribution is -2.70. The summed E-state index contributed by atoms with van der Waals surface area (Å²) in [4.78, 5) is 83.9. The molecular formula is C26H38N2O16. The molecule has 0 radical (unpaired) electrons. The number of amides is 2. The van der Waals surface area contributed by atoms with Gasteiger partial charge in [-0.3, -0.25) is 33.6 Å². The lowest BCUT2D eigenvalue weighted by atomic mass is 9.94. The fourth-order valence-corrected chi connectivity index (χ4v) is 4.70. The minimum Gasteiger partial charge on any atom is -0.463 e. The molecule has 0 spiro atoms. The maximum Gasteiger partial charge on any atom is 0.303 e. The summed E-state index contributed by atoms with van der Waals surface area (Å²) in [5.74, 6) is -5.31. The first-order valence-electron chi connectivity index (χ1n) is 13.5. The first kappa shape index (κ1) is 36.3. The Bertz CT molecular complexity index is 1100. The summed E-state index contributed by atoms with van der Waals surface area (Å²) in [5, 5.41) is 15.8. The maximum atomic E-state index is 12.3. The van der Waals surface area contributed by atoms with Crippen LogP contribution in [0.2, 0.25) is 0 Å². The molecule has 2 heterocycles. The topological polar surface area (TPSA) is 238 Å². The van der Waals surface area contributed by atoms with Crippen molar-refractivity contribution >= 4 is 41.7 Å². The van der Waals surface area contributed by atoms with Crippen molar-refractivity contribution in [3.8, 4) is 0 Å². The molecule has 2 rings (SSSR count). The van der Waals surface area contributed by atoms with E-state index in [0.29, 0.717) is 0 Å². The number of carbonyl (C=O) groups is 7. The fraction of sp³-hybridized carbons (Fsp3) is 0.731. The van der Waals surface area contributed by atoms with Crippen LogP contribution in [0.1, 0.15) is 48.5 Å². The molecule has 3 N–H and O–H groups in total. The Kier molecular flexibility index (Phi) is 13.4. The van der Waals surface area contributed by atoms with Crippen LogP contribution in [0.3, 0.4) is 0 Å². The van der Waals surface area contributed by atoms with Crippen molar-refractivity contribution in [3.63, 3.8) is 0 Å². The normalized spacial score (nSPS) is 31.5. The summed E-state index contributed by atoms with van der Waals surface area (Å²) in [5.41, 5.74) is 0. The number of aliphatic hydroxyl groups is 1. The zero-order chi connectivity index (χ0) is 33.3. The molecule has 0 saturated carbocycles. The molecule has 18 heteroatoms. The maximum absolute atomic E-state index is 12.3. The highest BCUT2D eigenvalue weighted by Gasteiger charge is 2.55. The van der Waals surface area contributed by atoms with E-state index in [-0.39, 0.29) is 0 Å². The van der Waals surface area contributed by atoms with Crippen molar-refractivity contribution in [1.82, 2.24) is 10.6 Å². The number of nitrogens with one attached hydrogen (secondary N) is 2. The fourth-order valence-electron chi connectivity index (χ4n) is 4.70. The van der Waals surface area contributed by atoms with Gasteiger partial charge in [-0.2, -0.15) is 0 Å². The smallest absolute Gasteiger partial charge is 0.303 e. The zero-order valence-electron chi connectivity index (χ0n) is 25.3. The molecule has 0 bridgehead atoms. The van der Waals surface area contributed by atoms with E-state index in [9.17, 15) is 38.7 Å². The van der Waals surface area contributed by atoms with E-state index in [4.69, 9.17) is 37.9 Å². The Morgan fingerprint density at radius 1 is 0.568 bits per heavy atom. The van der Waals surface area contributed by atoms with Gasteiger partial charge in [-0.25, -0.2) is 0 Å². The van der Waals surface area contributed by atoms with E-state index in [0.717, 1.165) is 48.5 Å². The largest absolute Gasteiger partial charge is 0.463 e. The van der Waals surface area contributed by atoms with Crippen molar-refractivity contribution in [1.29, 1.82) is 0 Å². The Labute approximate surface area is 252 Å². The lowest BCUT2D eigenvalue weighted by molar-refractivity contribution is -0.326. The van der Waals surface area contributed by atoms with Crippen LogP contribution >= 0.6 is 0 Å². The van der Waals surface area contributed by atoms with Crippen LogP contribution in [-0.2, 0) is 71.5 Å². The predicted octanol–water partition coefficient (Wildman–Crippen LogP) is -2.26. The highest BCUT2D eigenvalue weighted by Crippen LogP contribution is 2.33. The number of ether oxygens (including phenoxy) is 8. The van der Waals surface area contributed by atoms with Gasteiger partial charge in [-0.15, -0.1) is 0 Å². The van der Waals surface area contributed by atoms with E-state index in [1.807, 2.05) is 0 Å². The molecule has 2 aliphatic rings. The van der Waals surface area contributed by atoms with Crippen LogP contribution in [0.25, 0.3) is 0 Å². The third kappa shape index (κ3) is 10.7. The minimum absolute atomic E-state index is 0.517. The third-order valence-corrected chi connectivity index (χ3v) is 6.15. The Morgan fingerprint density at radius 2 is 0.977 bits per heavy atom. The van der Waals surface area contributed by atoms with Gasteiger partial charge >= 0.3 is 29.8 Å². The van der Waals surface area contributed by atoms with E-state index in [1.54, 1.807) is 0 Å². The summed E-state index contributed by atoms with van der Waals surface area (Å²) < 4.78 is 44.0. The summed E-state index contributed by atoms with van der Waals surface area (Å²) in [6.45, 7) is 6.60. The van der Waals surface area contributed by atoms with Gasteiger partial charge in [0.1, 0.15) is 43.6 Å². The van der Waals surface area contributed by atoms with Gasteiger partial charge in [-0.05, 0) is 0 Å². The van der Waals surface area contributed by atoms with E-state index in [1.165, 1.54) is 0 Å². The van der Waals surface area contributed by atoms with Gasteiger partial charge in [0.2, 0.25) is 11.8 Å². The van der Waals surface area contributed by atoms with Crippen LogP contribution in [-0.4, -0.2) is 121 Å². The van der Waals surface area contributed by atoms with Gasteiger partial charge in [-0.1, -0.05) is 0 Å². The molecule has 2 amide bonds. The average Bonchev–Trinajstić information content (AvgIpc) is 2.87. The molecule has 1 unspecified atom stereocenters. The Balaban J connectivity index is 2.66. The molecule has 2 fully saturated rings. The van der Waals surface area contributed by atoms with Gasteiger partial charge in [0, 0.05) is 48.5 Å². The second-order valence-corrected chi connectivity index (χ2v) is 9.99. The van der Waals surface area contributed by atoms with Crippen molar-refractivity contribution in [2.45, 2.75) is 110 Å². The Morgan fingerprint density at radius 3 is 1.41 bits per heavy atom. The van der Waals surface area contributed by atoms with Gasteiger partial charge in [0.15, 0.2) is 30.9 Å². The number of aliphatic hydroxyl groups excluding tert-OH is 1. The van der Waals surface area contributed by atoms with Gasteiger partial charge < -0.3 is 53.6 Å². The number of hydrogen-bond acceptors (Lipinski definition) is 16. The van der Waals surface area contributed by atoms with Crippen molar-refractivity contribution in [3.05, 3.63) is 0 Å². The first-order valence-corrected chi connectivity index (χ1v) is 13.5. The van der Waals surface area contributed by atoms with Crippen molar-refractivity contribution in [2.24, 2.45) is 0 Å². The van der Waals surface area contributed by atoms with Gasteiger partial charge in [0.25, 0.3) is 0 Å². The minimum atomic E-state index is -1.81. The van der Waals surface area contributed by atoms with Crippen LogP contribution in [0.15, 0.2) is 0 Å². The average molecular weight is 635 g/mol. The summed E-state index contributed by atoms with van der Waals surface area (Å²) in [6, 6.07) is -2.88. The standard InChI is InChI=1S/C26H38N2O16/c1-10(29)27-19-23(21(39-14(5)33)17(42-25(19)36)8-37-12(3)31)44-26-20(28-11(2)30)24(41-16(7)35)22(40-15(6)34)18(43-26)9-38-13(4)32/h17-26,36H,8-9H2,1-7H3,(H,27,29)(H,28,30)/t17-,18-,19-,20-,21+,22+,23-,24-,25?,26-/m1/s1. The van der Waals surface area contributed by atoms with Crippen molar-refractivity contribution in [2.75, 3.05) is 13.2 Å². The lowest BCUT2D eigenvalue weighted by Gasteiger charge is -2.49. The molecule has 0 aromatic heterocycles. The summed E-state index contributed by atoms with van der Waals surface area (Å²) in [6.07, 6.45) is -12.1. The van der Waals surface area contributed by atoms with Crippen LogP contribution in [0.5, 0.6) is 0 Å². The van der Waals surface area contributed by atoms with Gasteiger partial charge in [0.05, 0.1) is 0 Å². The second-order valence-electron chi connectivity index (χ2n) is 9.99. The molecule has 0 aromatic carbocycles. The van der Waals surface area contributed by atoms with Crippen LogP contribution in [0, 0.1) is 0 Å². The number of carbonyl (C=O) groups excluding carboxylic acids is 7. The molecule has 0 aromatic rings. The highest BCUT2D eigenvalue weighted by molar-refractivity contribution is 5.74. The SMILES string of the molecule is CC(=O)N[C@H]1[C@@H](O[C@H]2[C@@H](OC(C)=O)[C@@H](COC(C)=O)OC(O)[C@@H]2NC(C)=O)O[C@H](COC(C)=O)[C@H](OC(C)=O)[C@@H]1OC(C)=O. The highest BCUT2D eigenvalue weighted by atomic mass is 16.7. The molecular weight excluding hydrogens is 596 g/mol. The second kappa shape index (κ2) is 16.3. The number of hydrogen-bond donors (Lipinski definition) is 3. The molecule has 2 saturated heterocycles. The molecule has 248 valence electrons. The van der Waals surface area contributed by atoms with E-state index < -0.39 is 116 Å². The number of rotatable bonds is 11. The summed E-state index contributed by atoms with van der Waals surface area (Å²) >= 11 is 0. The third-order valence-electron chi connectivity index (χ3n) is 6.15. The molecule has 10 atom stereocenters. The van der Waals surface area contributed by atoms with Crippen LogP contribution < -0.4 is 10.6 Å². The van der Waals surface area contributed by atoms with Crippen molar-refractivity contribution < 1.29 is 76.6 Å². The quantitative estimate of drug-likeness (QED) is 0.161. The first-order chi connectivity index (χ1) is 20.5. The number of esters is 5. The molecule has 2 aliphatic heterocycles. The molecule has 44 heavy (non-hydrogen) atoms. The van der Waals surface area contributed by atoms with E-state index in [2.05, 4.69) is 10.6 Å². The van der Waals surface area contributed by atoms with Crippen LogP contribution in [0.4, 0.5) is 0 Å². The molecule has 0 aliphatic carbocycles. The Hall–Kier alpha value is -3.87. The zero-order valence-corrected chi connectivity index (χ0v) is 25.3. The summed E-state index contributed by atoms with van der Waals surface area (Å²) in [7, 11) is 0. The predicted molar refractivity (Wildman–Crippen MR) is 140 cm³/mol. The molecule has 18 nitrogen and oxygen atoms in total.